The largest absolute Gasteiger partial charge is 0.365 e. The average molecular weight is 466 g/mol. The molecular weight excluding hydrogens is 436 g/mol. The van der Waals surface area contributed by atoms with E-state index in [2.05, 4.69) is 21.6 Å². The molecule has 0 aliphatic carbocycles. The second-order valence-electron chi connectivity index (χ2n) is 9.07. The minimum atomic E-state index is -2.82. The van der Waals surface area contributed by atoms with Gasteiger partial charge in [-0.15, -0.1) is 5.10 Å². The van der Waals surface area contributed by atoms with Crippen molar-refractivity contribution in [2.24, 2.45) is 5.73 Å². The number of benzene rings is 2. The number of nitriles is 1. The Kier molecular flexibility index (Phi) is 6.39. The SMILES string of the molecule is Cc1c(C#N)cccc1[C@@H](N)Nc1nnc(C)c2ccc(N3CC[C@H](N(C)C)C(F)(F)C3)cc12. The Morgan fingerprint density at radius 1 is 1.21 bits per heavy atom. The standard InChI is InChI=1S/C25H29F2N7/c1-15-17(13-28)6-5-7-19(15)23(29)30-24-21-12-18(8-9-20(21)16(2)31-32-24)34-11-10-22(33(3)4)25(26,27)14-34/h5-9,12,22-23H,10-11,14,29H2,1-4H3,(H,30,32)/t22-,23-/m0/s1. The van der Waals surface area contributed by atoms with Gasteiger partial charge in [0.25, 0.3) is 5.92 Å². The fourth-order valence-corrected chi connectivity index (χ4v) is 4.70. The third-order valence-corrected chi connectivity index (χ3v) is 6.62. The monoisotopic (exact) mass is 465 g/mol. The van der Waals surface area contributed by atoms with Crippen molar-refractivity contribution in [1.29, 1.82) is 5.26 Å². The summed E-state index contributed by atoms with van der Waals surface area (Å²) in [5, 5.41) is 22.7. The maximum absolute atomic E-state index is 14.8. The van der Waals surface area contributed by atoms with E-state index in [9.17, 15) is 14.0 Å². The molecule has 4 rings (SSSR count). The first kappa shape index (κ1) is 23.8. The summed E-state index contributed by atoms with van der Waals surface area (Å²) in [6.07, 6.45) is -0.256. The Morgan fingerprint density at radius 2 is 1.97 bits per heavy atom. The molecule has 0 spiro atoms. The molecule has 2 atom stereocenters. The minimum absolute atomic E-state index is 0.346. The minimum Gasteiger partial charge on any atom is -0.365 e. The molecule has 34 heavy (non-hydrogen) atoms. The van der Waals surface area contributed by atoms with Gasteiger partial charge in [0, 0.05) is 23.0 Å². The number of aromatic nitrogens is 2. The molecule has 3 N–H and O–H groups in total. The Morgan fingerprint density at radius 3 is 2.65 bits per heavy atom. The molecule has 0 unspecified atom stereocenters. The third kappa shape index (κ3) is 4.39. The number of halogens is 2. The van der Waals surface area contributed by atoms with Crippen LogP contribution in [0.5, 0.6) is 0 Å². The van der Waals surface area contributed by atoms with Gasteiger partial charge >= 0.3 is 0 Å². The number of nitrogens with one attached hydrogen (secondary N) is 1. The number of aryl methyl sites for hydroxylation is 1. The van der Waals surface area contributed by atoms with Gasteiger partial charge < -0.3 is 20.9 Å². The van der Waals surface area contributed by atoms with Crippen molar-refractivity contribution < 1.29 is 8.78 Å². The van der Waals surface area contributed by atoms with E-state index in [1.165, 1.54) is 0 Å². The maximum atomic E-state index is 14.8. The van der Waals surface area contributed by atoms with Gasteiger partial charge in [-0.3, -0.25) is 0 Å². The van der Waals surface area contributed by atoms with E-state index in [4.69, 9.17) is 5.73 Å². The first-order chi connectivity index (χ1) is 16.1. The Balaban J connectivity index is 1.68. The number of fused-ring (bicyclic) bond motifs is 1. The fourth-order valence-electron chi connectivity index (χ4n) is 4.70. The first-order valence-electron chi connectivity index (χ1n) is 11.2. The number of rotatable bonds is 5. The van der Waals surface area contributed by atoms with Gasteiger partial charge in [0.15, 0.2) is 5.82 Å². The van der Waals surface area contributed by atoms with Crippen LogP contribution < -0.4 is 16.0 Å². The molecule has 2 aromatic carbocycles. The summed E-state index contributed by atoms with van der Waals surface area (Å²) in [7, 11) is 3.39. The summed E-state index contributed by atoms with van der Waals surface area (Å²) in [5.74, 6) is -2.36. The highest BCUT2D eigenvalue weighted by Crippen LogP contribution is 2.35. The van der Waals surface area contributed by atoms with Crippen molar-refractivity contribution in [3.8, 4) is 6.07 Å². The quantitative estimate of drug-likeness (QED) is 0.551. The first-order valence-corrected chi connectivity index (χ1v) is 11.2. The maximum Gasteiger partial charge on any atom is 0.280 e. The van der Waals surface area contributed by atoms with Crippen LogP contribution in [0.4, 0.5) is 20.3 Å². The van der Waals surface area contributed by atoms with Gasteiger partial charge in [-0.2, -0.15) is 10.4 Å². The third-order valence-electron chi connectivity index (χ3n) is 6.62. The number of hydrogen-bond acceptors (Lipinski definition) is 7. The van der Waals surface area contributed by atoms with Crippen LogP contribution in [0, 0.1) is 25.2 Å². The zero-order chi connectivity index (χ0) is 24.6. The molecule has 7 nitrogen and oxygen atoms in total. The highest BCUT2D eigenvalue weighted by Gasteiger charge is 2.45. The van der Waals surface area contributed by atoms with Gasteiger partial charge in [-0.1, -0.05) is 18.2 Å². The average Bonchev–Trinajstić information content (AvgIpc) is 2.79. The number of anilines is 2. The molecule has 1 aromatic heterocycles. The summed E-state index contributed by atoms with van der Waals surface area (Å²) < 4.78 is 29.6. The number of hydrogen-bond donors (Lipinski definition) is 2. The summed E-state index contributed by atoms with van der Waals surface area (Å²) in [6.45, 7) is 3.89. The van der Waals surface area contributed by atoms with E-state index in [0.29, 0.717) is 30.0 Å². The van der Waals surface area contributed by atoms with Crippen LogP contribution >= 0.6 is 0 Å². The smallest absolute Gasteiger partial charge is 0.280 e. The lowest BCUT2D eigenvalue weighted by molar-refractivity contribution is -0.0751. The molecule has 1 aliphatic rings. The zero-order valence-electron chi connectivity index (χ0n) is 19.8. The predicted octanol–water partition coefficient (Wildman–Crippen LogP) is 3.96. The summed E-state index contributed by atoms with van der Waals surface area (Å²) in [5.41, 5.74) is 10.0. The van der Waals surface area contributed by atoms with Crippen molar-refractivity contribution in [2.75, 3.05) is 37.4 Å². The van der Waals surface area contributed by atoms with E-state index >= 15 is 0 Å². The summed E-state index contributed by atoms with van der Waals surface area (Å²) in [6, 6.07) is 12.4. The lowest BCUT2D eigenvalue weighted by Gasteiger charge is -2.42. The molecule has 1 aliphatic heterocycles. The van der Waals surface area contributed by atoms with Gasteiger partial charge in [0.05, 0.1) is 29.9 Å². The highest BCUT2D eigenvalue weighted by molar-refractivity contribution is 5.95. The Hall–Kier alpha value is -3.35. The molecular formula is C25H29F2N7. The molecule has 2 heterocycles. The molecule has 0 bridgehead atoms. The van der Waals surface area contributed by atoms with Crippen molar-refractivity contribution in [3.63, 3.8) is 0 Å². The Bertz CT molecular complexity index is 1250. The lowest BCUT2D eigenvalue weighted by atomic mass is 9.98. The molecule has 0 saturated carbocycles. The number of nitrogens with two attached hydrogens (primary N) is 1. The van der Waals surface area contributed by atoms with E-state index in [-0.39, 0.29) is 6.54 Å². The van der Waals surface area contributed by atoms with Crippen LogP contribution in [0.15, 0.2) is 36.4 Å². The van der Waals surface area contributed by atoms with Crippen molar-refractivity contribution in [3.05, 3.63) is 58.8 Å². The van der Waals surface area contributed by atoms with Crippen LogP contribution in [-0.2, 0) is 0 Å². The van der Waals surface area contributed by atoms with Crippen LogP contribution in [0.1, 0.15) is 35.0 Å². The number of piperidine rings is 1. The predicted molar refractivity (Wildman–Crippen MR) is 130 cm³/mol. The van der Waals surface area contributed by atoms with Gasteiger partial charge in [-0.25, -0.2) is 8.78 Å². The van der Waals surface area contributed by atoms with E-state index < -0.39 is 18.1 Å². The highest BCUT2D eigenvalue weighted by atomic mass is 19.3. The van der Waals surface area contributed by atoms with E-state index in [1.54, 1.807) is 36.0 Å². The van der Waals surface area contributed by atoms with E-state index in [1.807, 2.05) is 38.1 Å². The summed E-state index contributed by atoms with van der Waals surface area (Å²) in [4.78, 5) is 3.32. The normalized spacial score (nSPS) is 18.7. The summed E-state index contributed by atoms with van der Waals surface area (Å²) >= 11 is 0. The molecule has 0 radical (unpaired) electrons. The zero-order valence-corrected chi connectivity index (χ0v) is 19.8. The topological polar surface area (TPSA) is 94.1 Å². The van der Waals surface area contributed by atoms with Crippen molar-refractivity contribution in [2.45, 2.75) is 38.4 Å². The molecule has 3 aromatic rings. The molecule has 178 valence electrons. The fraction of sp³-hybridized carbons (Fsp3) is 0.400. The lowest BCUT2D eigenvalue weighted by Crippen LogP contribution is -2.56. The molecule has 1 fully saturated rings. The number of alkyl halides is 2. The second-order valence-corrected chi connectivity index (χ2v) is 9.07. The van der Waals surface area contributed by atoms with Crippen LogP contribution in [0.25, 0.3) is 10.8 Å². The molecule has 1 saturated heterocycles. The second kappa shape index (κ2) is 9.12. The van der Waals surface area contributed by atoms with Gasteiger partial charge in [0.1, 0.15) is 6.17 Å². The number of nitrogens with zero attached hydrogens (tertiary/aromatic N) is 5. The Labute approximate surface area is 198 Å². The van der Waals surface area contributed by atoms with Crippen LogP contribution in [0.2, 0.25) is 0 Å². The van der Waals surface area contributed by atoms with Crippen molar-refractivity contribution >= 4 is 22.3 Å². The van der Waals surface area contributed by atoms with Gasteiger partial charge in [-0.05, 0) is 63.7 Å². The van der Waals surface area contributed by atoms with Crippen LogP contribution in [0.3, 0.4) is 0 Å². The molecule has 0 amide bonds. The van der Waals surface area contributed by atoms with Crippen LogP contribution in [-0.4, -0.2) is 54.2 Å². The van der Waals surface area contributed by atoms with E-state index in [0.717, 1.165) is 27.6 Å². The molecule has 9 heteroatoms. The van der Waals surface area contributed by atoms with Gasteiger partial charge in [0.2, 0.25) is 0 Å². The van der Waals surface area contributed by atoms with Crippen molar-refractivity contribution in [1.82, 2.24) is 15.1 Å².